The molecule has 5 rings (SSSR count). The lowest BCUT2D eigenvalue weighted by atomic mass is 10.1. The first-order chi connectivity index (χ1) is 14.5. The highest BCUT2D eigenvalue weighted by molar-refractivity contribution is 8.04. The number of hydrogen-bond donors (Lipinski definition) is 3. The standard InChI is InChI=1S/C19H18N6O4S/c1-29-18(27)14-5-10(8-30-14)12-6-15(21-11-2-3-11)25-16(22-12)9(7-20-25)4-13-17(26)24-19(28)23-13/h4-7,10-11,26H,2-3,8H2,1H3,(H2,23,24,28). The van der Waals surface area contributed by atoms with Gasteiger partial charge >= 0.3 is 11.7 Å². The number of fused-ring (bicyclic) bond motifs is 1. The predicted octanol–water partition coefficient (Wildman–Crippen LogP) is -0.0506. The van der Waals surface area contributed by atoms with Gasteiger partial charge in [0.25, 0.3) is 0 Å². The molecule has 0 spiro atoms. The Morgan fingerprint density at radius 3 is 2.97 bits per heavy atom. The molecule has 1 fully saturated rings. The first kappa shape index (κ1) is 18.7. The highest BCUT2D eigenvalue weighted by Crippen LogP contribution is 2.35. The van der Waals surface area contributed by atoms with E-state index in [4.69, 9.17) is 14.7 Å². The van der Waals surface area contributed by atoms with Gasteiger partial charge in [-0.05, 0) is 18.9 Å². The summed E-state index contributed by atoms with van der Waals surface area (Å²) in [5.74, 6) is 0.00806. The number of methoxy groups -OCH3 is 1. The van der Waals surface area contributed by atoms with Gasteiger partial charge in [-0.1, -0.05) is 6.08 Å². The summed E-state index contributed by atoms with van der Waals surface area (Å²) in [4.78, 5) is 38.2. The average molecular weight is 426 g/mol. The second-order valence-corrected chi connectivity index (χ2v) is 8.22. The van der Waals surface area contributed by atoms with Gasteiger partial charge in [-0.25, -0.2) is 14.6 Å². The van der Waals surface area contributed by atoms with Gasteiger partial charge in [-0.2, -0.15) is 9.61 Å². The Balaban J connectivity index is 1.68. The molecule has 154 valence electrons. The van der Waals surface area contributed by atoms with E-state index in [1.54, 1.807) is 16.8 Å². The number of aromatic hydroxyl groups is 1. The second kappa shape index (κ2) is 7.17. The summed E-state index contributed by atoms with van der Waals surface area (Å²) in [6.07, 6.45) is 7.17. The van der Waals surface area contributed by atoms with Crippen LogP contribution in [0.2, 0.25) is 0 Å². The van der Waals surface area contributed by atoms with Crippen molar-refractivity contribution in [1.29, 1.82) is 0 Å². The van der Waals surface area contributed by atoms with Crippen molar-refractivity contribution in [1.82, 2.24) is 24.6 Å². The van der Waals surface area contributed by atoms with Crippen LogP contribution in [0, 0.1) is 0 Å². The molecule has 1 unspecified atom stereocenters. The highest BCUT2D eigenvalue weighted by Gasteiger charge is 2.26. The minimum Gasteiger partial charge on any atom is -0.493 e. The molecule has 3 N–H and O–H groups in total. The van der Waals surface area contributed by atoms with Crippen LogP contribution in [0.1, 0.15) is 30.1 Å². The van der Waals surface area contributed by atoms with Gasteiger partial charge in [0.05, 0.1) is 29.9 Å². The third kappa shape index (κ3) is 3.41. The maximum atomic E-state index is 11.8. The topological polar surface area (TPSA) is 138 Å². The Hall–Kier alpha value is -3.34. The molecular weight excluding hydrogens is 408 g/mol. The van der Waals surface area contributed by atoms with Crippen LogP contribution < -0.4 is 16.4 Å². The zero-order valence-corrected chi connectivity index (χ0v) is 16.8. The molecule has 3 aromatic rings. The van der Waals surface area contributed by atoms with E-state index < -0.39 is 5.69 Å². The van der Waals surface area contributed by atoms with Gasteiger partial charge in [-0.3, -0.25) is 9.98 Å². The maximum Gasteiger partial charge on any atom is 0.344 e. The number of nitrogens with zero attached hydrogens (tertiary/aromatic N) is 4. The molecule has 3 aromatic heterocycles. The van der Waals surface area contributed by atoms with Gasteiger partial charge in [0.2, 0.25) is 5.88 Å². The van der Waals surface area contributed by atoms with Gasteiger partial charge in [0.1, 0.15) is 5.69 Å². The zero-order valence-electron chi connectivity index (χ0n) is 16.0. The molecule has 10 nitrogen and oxygen atoms in total. The molecule has 1 saturated carbocycles. The molecule has 0 radical (unpaired) electrons. The number of rotatable bonds is 4. The number of carbonyl (C=O) groups excluding carboxylic acids is 1. The largest absolute Gasteiger partial charge is 0.493 e. The first-order valence-corrected chi connectivity index (χ1v) is 10.4. The lowest BCUT2D eigenvalue weighted by molar-refractivity contribution is -0.135. The summed E-state index contributed by atoms with van der Waals surface area (Å²) < 4.78 is 6.47. The molecule has 0 amide bonds. The Labute approximate surface area is 173 Å². The van der Waals surface area contributed by atoms with Crippen molar-refractivity contribution < 1.29 is 14.6 Å². The first-order valence-electron chi connectivity index (χ1n) is 9.40. The van der Waals surface area contributed by atoms with Crippen LogP contribution in [0.4, 0.5) is 0 Å². The summed E-state index contributed by atoms with van der Waals surface area (Å²) >= 11 is 1.44. The van der Waals surface area contributed by atoms with Crippen LogP contribution >= 0.6 is 11.8 Å². The number of thioether (sulfide) groups is 1. The molecule has 0 aromatic carbocycles. The summed E-state index contributed by atoms with van der Waals surface area (Å²) in [7, 11) is 1.36. The number of carbonyl (C=O) groups is 1. The molecule has 11 heteroatoms. The van der Waals surface area contributed by atoms with Crippen LogP contribution in [-0.2, 0) is 9.53 Å². The fraction of sp³-hybridized carbons (Fsp3) is 0.316. The normalized spacial score (nSPS) is 20.2. The maximum absolute atomic E-state index is 11.8. The smallest absolute Gasteiger partial charge is 0.344 e. The van der Waals surface area contributed by atoms with Gasteiger partial charge in [0.15, 0.2) is 11.1 Å². The quantitative estimate of drug-likeness (QED) is 0.497. The molecule has 0 saturated heterocycles. The Morgan fingerprint density at radius 2 is 2.27 bits per heavy atom. The van der Waals surface area contributed by atoms with Crippen molar-refractivity contribution in [2.75, 3.05) is 12.9 Å². The van der Waals surface area contributed by atoms with Gasteiger partial charge in [0, 0.05) is 23.0 Å². The van der Waals surface area contributed by atoms with Crippen LogP contribution in [0.5, 0.6) is 5.88 Å². The Morgan fingerprint density at radius 1 is 1.43 bits per heavy atom. The molecular formula is C19H18N6O4S. The van der Waals surface area contributed by atoms with E-state index in [0.29, 0.717) is 27.0 Å². The summed E-state index contributed by atoms with van der Waals surface area (Å²) in [6.45, 7) is 0. The molecule has 2 aliphatic rings. The second-order valence-electron chi connectivity index (χ2n) is 7.16. The SMILES string of the molecule is COC(=O)C1=CC(c2cc(=NC3CC3)n3ncc(=Cc4[nH]c(=O)[nH]c4O)c3n2)CS1. The minimum absolute atomic E-state index is 0.0644. The van der Waals surface area contributed by atoms with Gasteiger partial charge < -0.3 is 14.8 Å². The van der Waals surface area contributed by atoms with Crippen LogP contribution in [0.15, 0.2) is 33.0 Å². The van der Waals surface area contributed by atoms with E-state index in [1.165, 1.54) is 18.9 Å². The lowest BCUT2D eigenvalue weighted by Gasteiger charge is -2.07. The fourth-order valence-electron chi connectivity index (χ4n) is 3.26. The minimum atomic E-state index is -0.503. The monoisotopic (exact) mass is 426 g/mol. The van der Waals surface area contributed by atoms with Crippen LogP contribution in [0.25, 0.3) is 11.7 Å². The number of H-pyrrole nitrogens is 2. The van der Waals surface area contributed by atoms with E-state index >= 15 is 0 Å². The van der Waals surface area contributed by atoms with Crippen LogP contribution in [-0.4, -0.2) is 54.5 Å². The Bertz CT molecular complexity index is 1360. The van der Waals surface area contributed by atoms with Crippen molar-refractivity contribution in [3.05, 3.63) is 55.8 Å². The molecule has 4 heterocycles. The lowest BCUT2D eigenvalue weighted by Crippen LogP contribution is -2.21. The van der Waals surface area contributed by atoms with Crippen molar-refractivity contribution >= 4 is 29.5 Å². The Kier molecular flexibility index (Phi) is 4.46. The third-order valence-corrected chi connectivity index (χ3v) is 6.07. The van der Waals surface area contributed by atoms with Crippen molar-refractivity contribution in [2.45, 2.75) is 24.8 Å². The third-order valence-electron chi connectivity index (χ3n) is 4.93. The number of hydrogen-bond acceptors (Lipinski definition) is 8. The summed E-state index contributed by atoms with van der Waals surface area (Å²) in [5, 5.41) is 14.9. The predicted molar refractivity (Wildman–Crippen MR) is 109 cm³/mol. The van der Waals surface area contributed by atoms with E-state index in [-0.39, 0.29) is 29.5 Å². The summed E-state index contributed by atoms with van der Waals surface area (Å²) in [5.41, 5.74) is 1.76. The zero-order chi connectivity index (χ0) is 20.8. The van der Waals surface area contributed by atoms with Crippen molar-refractivity contribution in [2.24, 2.45) is 4.99 Å². The van der Waals surface area contributed by atoms with Crippen molar-refractivity contribution in [3.63, 3.8) is 0 Å². The van der Waals surface area contributed by atoms with Gasteiger partial charge in [-0.15, -0.1) is 11.8 Å². The molecule has 0 bridgehead atoms. The summed E-state index contributed by atoms with van der Waals surface area (Å²) in [6, 6.07) is 2.18. The van der Waals surface area contributed by atoms with E-state index in [2.05, 4.69) is 15.1 Å². The van der Waals surface area contributed by atoms with E-state index in [1.807, 2.05) is 12.1 Å². The number of imidazole rings is 1. The molecule has 1 aliphatic carbocycles. The fourth-order valence-corrected chi connectivity index (χ4v) is 4.35. The average Bonchev–Trinajstić information content (AvgIpc) is 3.12. The van der Waals surface area contributed by atoms with Crippen molar-refractivity contribution in [3.8, 4) is 5.88 Å². The van der Waals surface area contributed by atoms with E-state index in [9.17, 15) is 14.7 Å². The van der Waals surface area contributed by atoms with Crippen LogP contribution in [0.3, 0.4) is 0 Å². The number of nitrogens with one attached hydrogen (secondary N) is 2. The number of aromatic nitrogens is 5. The number of esters is 1. The highest BCUT2D eigenvalue weighted by atomic mass is 32.2. The molecule has 1 aliphatic heterocycles. The molecule has 30 heavy (non-hydrogen) atoms. The number of aromatic amines is 2. The number of ether oxygens (including phenoxy) is 1. The van der Waals surface area contributed by atoms with E-state index in [0.717, 1.165) is 18.5 Å². The molecule has 1 atom stereocenters. The number of allylic oxidation sites excluding steroid dienone is 1.